The number of ether oxygens (including phenoxy) is 2. The van der Waals surface area contributed by atoms with Crippen molar-refractivity contribution in [3.8, 4) is 0 Å². The Labute approximate surface area is 127 Å². The zero-order chi connectivity index (χ0) is 16.1. The predicted octanol–water partition coefficient (Wildman–Crippen LogP) is 0.984. The second-order valence-electron chi connectivity index (χ2n) is 4.65. The van der Waals surface area contributed by atoms with Crippen LogP contribution in [0.1, 0.15) is 36.2 Å². The molecule has 0 spiro atoms. The van der Waals surface area contributed by atoms with Gasteiger partial charge in [-0.2, -0.15) is 0 Å². The van der Waals surface area contributed by atoms with Crippen molar-refractivity contribution in [2.45, 2.75) is 26.7 Å². The highest BCUT2D eigenvalue weighted by Gasteiger charge is 2.20. The van der Waals surface area contributed by atoms with Crippen LogP contribution < -0.4 is 5.73 Å². The summed E-state index contributed by atoms with van der Waals surface area (Å²) in [4.78, 5) is 26.8. The average Bonchev–Trinajstić information content (AvgIpc) is 2.78. The lowest BCUT2D eigenvalue weighted by atomic mass is 10.2. The van der Waals surface area contributed by atoms with Gasteiger partial charge in [-0.3, -0.25) is 4.79 Å². The van der Waals surface area contributed by atoms with Crippen LogP contribution in [0.3, 0.4) is 0 Å². The highest BCUT2D eigenvalue weighted by Crippen LogP contribution is 2.18. The number of carbonyl (C=O) groups excluding carboxylic acids is 2. The summed E-state index contributed by atoms with van der Waals surface area (Å²) in [5, 5.41) is 4.08. The summed E-state index contributed by atoms with van der Waals surface area (Å²) >= 11 is 0. The standard InChI is InChI=1S/C14H18N4O4/c1-3-21-14(20)11-12(15)17-18-8-10(7-16-13(11)18)5-4-6-22-9(2)19/h7-8H,3-6H2,1-2H3,(H2,15,17). The normalized spacial score (nSPS) is 10.6. The molecule has 2 aromatic rings. The Morgan fingerprint density at radius 2 is 2.14 bits per heavy atom. The van der Waals surface area contributed by atoms with Gasteiger partial charge in [0.05, 0.1) is 13.2 Å². The van der Waals surface area contributed by atoms with Crippen molar-refractivity contribution in [2.24, 2.45) is 0 Å². The fourth-order valence-electron chi connectivity index (χ4n) is 2.01. The largest absolute Gasteiger partial charge is 0.466 e. The molecule has 2 rings (SSSR count). The molecule has 2 aromatic heterocycles. The topological polar surface area (TPSA) is 109 Å². The van der Waals surface area contributed by atoms with Gasteiger partial charge in [-0.15, -0.1) is 5.10 Å². The van der Waals surface area contributed by atoms with Crippen LogP contribution in [-0.4, -0.2) is 39.8 Å². The lowest BCUT2D eigenvalue weighted by molar-refractivity contribution is -0.141. The zero-order valence-electron chi connectivity index (χ0n) is 12.5. The number of nitrogens with two attached hydrogens (primary N) is 1. The molecule has 0 aromatic carbocycles. The summed E-state index contributed by atoms with van der Waals surface area (Å²) in [5.41, 5.74) is 7.19. The molecule has 0 bridgehead atoms. The molecule has 0 saturated heterocycles. The first-order valence-corrected chi connectivity index (χ1v) is 6.96. The third-order valence-electron chi connectivity index (χ3n) is 2.95. The summed E-state index contributed by atoms with van der Waals surface area (Å²) in [6, 6.07) is 0. The van der Waals surface area contributed by atoms with Crippen molar-refractivity contribution in [3.05, 3.63) is 23.5 Å². The highest BCUT2D eigenvalue weighted by molar-refractivity contribution is 6.00. The molecule has 0 fully saturated rings. The van der Waals surface area contributed by atoms with Gasteiger partial charge in [-0.25, -0.2) is 14.3 Å². The minimum atomic E-state index is -0.537. The lowest BCUT2D eigenvalue weighted by Crippen LogP contribution is -2.07. The van der Waals surface area contributed by atoms with E-state index in [0.29, 0.717) is 25.1 Å². The highest BCUT2D eigenvalue weighted by atomic mass is 16.5. The number of carbonyl (C=O) groups is 2. The van der Waals surface area contributed by atoms with Crippen LogP contribution in [0.4, 0.5) is 5.82 Å². The van der Waals surface area contributed by atoms with Gasteiger partial charge in [0.2, 0.25) is 0 Å². The zero-order valence-corrected chi connectivity index (χ0v) is 12.5. The van der Waals surface area contributed by atoms with Crippen molar-refractivity contribution in [3.63, 3.8) is 0 Å². The van der Waals surface area contributed by atoms with Crippen LogP contribution in [0, 0.1) is 0 Å². The SMILES string of the molecule is CCOC(=O)c1c(N)nn2cc(CCCOC(C)=O)cnc12. The molecule has 2 heterocycles. The van der Waals surface area contributed by atoms with Crippen molar-refractivity contribution in [2.75, 3.05) is 18.9 Å². The van der Waals surface area contributed by atoms with Crippen LogP contribution in [0.15, 0.2) is 12.4 Å². The van der Waals surface area contributed by atoms with E-state index in [1.807, 2.05) is 0 Å². The molecule has 2 N–H and O–H groups in total. The quantitative estimate of drug-likeness (QED) is 0.626. The van der Waals surface area contributed by atoms with Crippen molar-refractivity contribution >= 4 is 23.4 Å². The second-order valence-corrected chi connectivity index (χ2v) is 4.65. The maximum Gasteiger partial charge on any atom is 0.345 e. The lowest BCUT2D eigenvalue weighted by Gasteiger charge is -2.03. The van der Waals surface area contributed by atoms with Gasteiger partial charge in [-0.1, -0.05) is 0 Å². The number of nitrogen functional groups attached to an aromatic ring is 1. The molecular formula is C14H18N4O4. The van der Waals surface area contributed by atoms with Gasteiger partial charge >= 0.3 is 11.9 Å². The molecule has 8 heteroatoms. The first-order valence-electron chi connectivity index (χ1n) is 6.96. The number of rotatable bonds is 6. The summed E-state index contributed by atoms with van der Waals surface area (Å²) in [7, 11) is 0. The number of nitrogens with zero attached hydrogens (tertiary/aromatic N) is 3. The fourth-order valence-corrected chi connectivity index (χ4v) is 2.01. The van der Waals surface area contributed by atoms with Gasteiger partial charge in [0.15, 0.2) is 11.5 Å². The Morgan fingerprint density at radius 3 is 2.82 bits per heavy atom. The summed E-state index contributed by atoms with van der Waals surface area (Å²) < 4.78 is 11.3. The van der Waals surface area contributed by atoms with Gasteiger partial charge < -0.3 is 15.2 Å². The summed E-state index contributed by atoms with van der Waals surface area (Å²) in [6.45, 7) is 3.69. The van der Waals surface area contributed by atoms with E-state index < -0.39 is 5.97 Å². The number of aryl methyl sites for hydroxylation is 1. The minimum Gasteiger partial charge on any atom is -0.466 e. The van der Waals surface area contributed by atoms with E-state index in [1.54, 1.807) is 19.3 Å². The predicted molar refractivity (Wildman–Crippen MR) is 78.3 cm³/mol. The average molecular weight is 306 g/mol. The van der Waals surface area contributed by atoms with E-state index >= 15 is 0 Å². The molecule has 0 amide bonds. The first kappa shape index (κ1) is 15.7. The van der Waals surface area contributed by atoms with E-state index in [-0.39, 0.29) is 24.0 Å². The molecule has 0 unspecified atom stereocenters. The Bertz CT molecular complexity index is 695. The Morgan fingerprint density at radius 1 is 1.36 bits per heavy atom. The molecule has 0 radical (unpaired) electrons. The number of hydrogen-bond donors (Lipinski definition) is 1. The van der Waals surface area contributed by atoms with E-state index in [1.165, 1.54) is 11.4 Å². The third-order valence-corrected chi connectivity index (χ3v) is 2.95. The van der Waals surface area contributed by atoms with Crippen LogP contribution in [0.25, 0.3) is 5.65 Å². The van der Waals surface area contributed by atoms with Crippen molar-refractivity contribution in [1.29, 1.82) is 0 Å². The number of fused-ring (bicyclic) bond motifs is 1. The molecule has 8 nitrogen and oxygen atoms in total. The second kappa shape index (κ2) is 6.88. The van der Waals surface area contributed by atoms with Crippen molar-refractivity contribution in [1.82, 2.24) is 14.6 Å². The Kier molecular flexibility index (Phi) is 4.92. The first-order chi connectivity index (χ1) is 10.5. The number of aromatic nitrogens is 3. The van der Waals surface area contributed by atoms with E-state index in [2.05, 4.69) is 10.1 Å². The van der Waals surface area contributed by atoms with Crippen LogP contribution in [0.5, 0.6) is 0 Å². The van der Waals surface area contributed by atoms with Crippen molar-refractivity contribution < 1.29 is 19.1 Å². The maximum absolute atomic E-state index is 11.9. The third kappa shape index (κ3) is 3.51. The minimum absolute atomic E-state index is 0.0861. The van der Waals surface area contributed by atoms with Gasteiger partial charge in [0.1, 0.15) is 5.56 Å². The van der Waals surface area contributed by atoms with E-state index in [4.69, 9.17) is 15.2 Å². The number of hydrogen-bond acceptors (Lipinski definition) is 7. The Balaban J connectivity index is 2.15. The monoisotopic (exact) mass is 306 g/mol. The number of esters is 2. The summed E-state index contributed by atoms with van der Waals surface area (Å²) in [6.07, 6.45) is 4.74. The Hall–Kier alpha value is -2.64. The fraction of sp³-hybridized carbons (Fsp3) is 0.429. The molecule has 0 aliphatic rings. The molecule has 0 aliphatic carbocycles. The maximum atomic E-state index is 11.9. The van der Waals surface area contributed by atoms with E-state index in [0.717, 1.165) is 5.56 Å². The molecule has 0 atom stereocenters. The number of anilines is 1. The van der Waals surface area contributed by atoms with Gasteiger partial charge in [0, 0.05) is 19.3 Å². The molecule has 0 saturated carbocycles. The van der Waals surface area contributed by atoms with Crippen LogP contribution in [-0.2, 0) is 20.7 Å². The molecule has 0 aliphatic heterocycles. The van der Waals surface area contributed by atoms with Gasteiger partial charge in [0.25, 0.3) is 0 Å². The van der Waals surface area contributed by atoms with Crippen LogP contribution >= 0.6 is 0 Å². The molecule has 118 valence electrons. The smallest absolute Gasteiger partial charge is 0.345 e. The molecule has 22 heavy (non-hydrogen) atoms. The van der Waals surface area contributed by atoms with E-state index in [9.17, 15) is 9.59 Å². The van der Waals surface area contributed by atoms with Gasteiger partial charge in [-0.05, 0) is 25.3 Å². The summed E-state index contributed by atoms with van der Waals surface area (Å²) in [5.74, 6) is -0.749. The molecular weight excluding hydrogens is 288 g/mol. The van der Waals surface area contributed by atoms with Crippen LogP contribution in [0.2, 0.25) is 0 Å².